The van der Waals surface area contributed by atoms with Gasteiger partial charge >= 0.3 is 0 Å². The van der Waals surface area contributed by atoms with E-state index in [-0.39, 0.29) is 10.8 Å². The molecule has 0 amide bonds. The highest BCUT2D eigenvalue weighted by Gasteiger charge is 2.36. The Hall–Kier alpha value is -1.88. The van der Waals surface area contributed by atoms with Gasteiger partial charge in [-0.2, -0.15) is 13.1 Å². The van der Waals surface area contributed by atoms with Gasteiger partial charge in [-0.15, -0.1) is 0 Å². The van der Waals surface area contributed by atoms with Crippen LogP contribution in [0.25, 0.3) is 11.0 Å². The third kappa shape index (κ3) is 3.27. The van der Waals surface area contributed by atoms with Gasteiger partial charge in [0.15, 0.2) is 0 Å². The number of fused-ring (bicyclic) bond motifs is 1. The van der Waals surface area contributed by atoms with E-state index in [2.05, 4.69) is 18.3 Å². The number of imidazole rings is 1. The maximum Gasteiger partial charge on any atom is 0.245 e. The van der Waals surface area contributed by atoms with Gasteiger partial charge in [-0.3, -0.25) is 0 Å². The lowest BCUT2D eigenvalue weighted by molar-refractivity contribution is 0.185. The van der Waals surface area contributed by atoms with Crippen molar-refractivity contribution in [1.82, 2.24) is 22.6 Å². The van der Waals surface area contributed by atoms with Crippen LogP contribution in [0.1, 0.15) is 23.9 Å². The van der Waals surface area contributed by atoms with Crippen molar-refractivity contribution in [3.63, 3.8) is 0 Å². The fourth-order valence-electron chi connectivity index (χ4n) is 3.56. The maximum atomic E-state index is 13.2. The van der Waals surface area contributed by atoms with Crippen molar-refractivity contribution in [3.05, 3.63) is 35.9 Å². The number of sulfonamides is 1. The third-order valence-electron chi connectivity index (χ3n) is 4.99. The smallest absolute Gasteiger partial charge is 0.245 e. The minimum Gasteiger partial charge on any atom is -0.383 e. The quantitative estimate of drug-likeness (QED) is 0.621. The third-order valence-corrected chi connectivity index (χ3v) is 7.43. The van der Waals surface area contributed by atoms with Crippen LogP contribution in [0.15, 0.2) is 29.3 Å². The van der Waals surface area contributed by atoms with Crippen molar-refractivity contribution in [1.29, 1.82) is 0 Å². The second-order valence-electron chi connectivity index (χ2n) is 6.64. The Labute approximate surface area is 162 Å². The van der Waals surface area contributed by atoms with Gasteiger partial charge in [0.25, 0.3) is 0 Å². The zero-order valence-corrected chi connectivity index (χ0v) is 16.8. The molecule has 27 heavy (non-hydrogen) atoms. The van der Waals surface area contributed by atoms with E-state index >= 15 is 0 Å². The van der Waals surface area contributed by atoms with Gasteiger partial charge in [0, 0.05) is 44.6 Å². The van der Waals surface area contributed by atoms with Crippen molar-refractivity contribution in [2.24, 2.45) is 0 Å². The summed E-state index contributed by atoms with van der Waals surface area (Å²) in [6.07, 6.45) is 2.58. The van der Waals surface area contributed by atoms with Crippen LogP contribution in [0.5, 0.6) is 0 Å². The van der Waals surface area contributed by atoms with E-state index in [4.69, 9.17) is 4.74 Å². The SMILES string of the molecule is COCCn1c(C)cnc1C1CCN(S(=O)(=O)c2cccc3nsnc23)C1. The van der Waals surface area contributed by atoms with Crippen molar-refractivity contribution < 1.29 is 13.2 Å². The molecular formula is C17H21N5O3S2. The normalized spacial score (nSPS) is 18.5. The minimum absolute atomic E-state index is 0.0677. The van der Waals surface area contributed by atoms with Gasteiger partial charge < -0.3 is 9.30 Å². The Bertz CT molecular complexity index is 1060. The summed E-state index contributed by atoms with van der Waals surface area (Å²) in [6, 6.07) is 5.10. The number of hydrogen-bond acceptors (Lipinski definition) is 7. The number of aryl methyl sites for hydroxylation is 1. The number of hydrogen-bond donors (Lipinski definition) is 0. The summed E-state index contributed by atoms with van der Waals surface area (Å²) in [5, 5.41) is 0. The lowest BCUT2D eigenvalue weighted by Gasteiger charge is -2.17. The molecule has 3 aromatic rings. The topological polar surface area (TPSA) is 90.2 Å². The Morgan fingerprint density at radius 2 is 2.19 bits per heavy atom. The van der Waals surface area contributed by atoms with Crippen LogP contribution in [-0.2, 0) is 21.3 Å². The number of rotatable bonds is 6. The number of nitrogens with zero attached hydrogens (tertiary/aromatic N) is 5. The highest BCUT2D eigenvalue weighted by molar-refractivity contribution is 7.89. The number of benzene rings is 1. The molecule has 0 radical (unpaired) electrons. The molecule has 0 aliphatic carbocycles. The minimum atomic E-state index is -3.62. The van der Waals surface area contributed by atoms with Crippen molar-refractivity contribution in [2.45, 2.75) is 30.7 Å². The molecule has 1 unspecified atom stereocenters. The fourth-order valence-corrected chi connectivity index (χ4v) is 5.82. The van der Waals surface area contributed by atoms with Gasteiger partial charge in [-0.25, -0.2) is 13.4 Å². The lowest BCUT2D eigenvalue weighted by Crippen LogP contribution is -2.29. The monoisotopic (exact) mass is 407 g/mol. The predicted octanol–water partition coefficient (Wildman–Crippen LogP) is 2.02. The zero-order valence-electron chi connectivity index (χ0n) is 15.2. The first-order valence-corrected chi connectivity index (χ1v) is 10.9. The maximum absolute atomic E-state index is 13.2. The van der Waals surface area contributed by atoms with Gasteiger partial charge in [0.05, 0.1) is 18.3 Å². The molecule has 1 saturated heterocycles. The van der Waals surface area contributed by atoms with Gasteiger partial charge in [0.1, 0.15) is 21.8 Å². The number of methoxy groups -OCH3 is 1. The van der Waals surface area contributed by atoms with Gasteiger partial charge in [-0.05, 0) is 25.5 Å². The summed E-state index contributed by atoms with van der Waals surface area (Å²) in [5.74, 6) is 0.994. The van der Waals surface area contributed by atoms with Crippen molar-refractivity contribution in [2.75, 3.05) is 26.8 Å². The molecule has 0 N–H and O–H groups in total. The summed E-state index contributed by atoms with van der Waals surface area (Å²) in [5.41, 5.74) is 2.12. The summed E-state index contributed by atoms with van der Waals surface area (Å²) in [4.78, 5) is 4.78. The highest BCUT2D eigenvalue weighted by atomic mass is 32.2. The molecule has 1 aliphatic rings. The molecular weight excluding hydrogens is 386 g/mol. The average molecular weight is 408 g/mol. The average Bonchev–Trinajstić information content (AvgIpc) is 3.39. The molecule has 0 spiro atoms. The van der Waals surface area contributed by atoms with E-state index in [0.717, 1.165) is 29.7 Å². The summed E-state index contributed by atoms with van der Waals surface area (Å²) < 4.78 is 43.6. The van der Waals surface area contributed by atoms with Crippen molar-refractivity contribution >= 4 is 32.8 Å². The van der Waals surface area contributed by atoms with Crippen molar-refractivity contribution in [3.8, 4) is 0 Å². The zero-order chi connectivity index (χ0) is 19.0. The number of aromatic nitrogens is 4. The van der Waals surface area contributed by atoms with Gasteiger partial charge in [-0.1, -0.05) is 6.07 Å². The lowest BCUT2D eigenvalue weighted by atomic mass is 10.1. The highest BCUT2D eigenvalue weighted by Crippen LogP contribution is 2.32. The van der Waals surface area contributed by atoms with E-state index in [9.17, 15) is 8.42 Å². The van der Waals surface area contributed by atoms with E-state index in [1.807, 2.05) is 13.1 Å². The summed E-state index contributed by atoms with van der Waals surface area (Å²) in [7, 11) is -1.95. The molecule has 1 aliphatic heterocycles. The molecule has 2 aromatic heterocycles. The molecule has 0 saturated carbocycles. The molecule has 1 fully saturated rings. The van der Waals surface area contributed by atoms with E-state index in [0.29, 0.717) is 37.3 Å². The Kier molecular flexibility index (Phi) is 4.97. The largest absolute Gasteiger partial charge is 0.383 e. The van der Waals surface area contributed by atoms with E-state index in [1.165, 1.54) is 4.31 Å². The predicted molar refractivity (Wildman–Crippen MR) is 102 cm³/mol. The van der Waals surface area contributed by atoms with Crippen LogP contribution in [-0.4, -0.2) is 57.8 Å². The van der Waals surface area contributed by atoms with E-state index in [1.54, 1.807) is 25.3 Å². The Balaban J connectivity index is 1.60. The van der Waals surface area contributed by atoms with Gasteiger partial charge in [0.2, 0.25) is 10.0 Å². The first kappa shape index (κ1) is 18.5. The second kappa shape index (κ2) is 7.27. The molecule has 1 aromatic carbocycles. The summed E-state index contributed by atoms with van der Waals surface area (Å²) >= 11 is 1.03. The fraction of sp³-hybridized carbons (Fsp3) is 0.471. The van der Waals surface area contributed by atoms with Crippen LogP contribution in [0.2, 0.25) is 0 Å². The standard InChI is InChI=1S/C17H21N5O3S2/c1-12-10-18-17(22(12)8-9-25-2)13-6-7-21(11-13)27(23,24)15-5-3-4-14-16(15)20-26-19-14/h3-5,10,13H,6-9,11H2,1-2H3. The molecule has 3 heterocycles. The van der Waals surface area contributed by atoms with Crippen LogP contribution >= 0.6 is 11.7 Å². The van der Waals surface area contributed by atoms with Crippen LogP contribution in [0.3, 0.4) is 0 Å². The van der Waals surface area contributed by atoms with E-state index < -0.39 is 10.0 Å². The number of ether oxygens (including phenoxy) is 1. The Morgan fingerprint density at radius 1 is 1.33 bits per heavy atom. The second-order valence-corrected chi connectivity index (χ2v) is 9.07. The molecule has 8 nitrogen and oxygen atoms in total. The molecule has 10 heteroatoms. The van der Waals surface area contributed by atoms with Crippen LogP contribution < -0.4 is 0 Å². The van der Waals surface area contributed by atoms with Crippen LogP contribution in [0.4, 0.5) is 0 Å². The first-order chi connectivity index (χ1) is 13.0. The Morgan fingerprint density at radius 3 is 3.00 bits per heavy atom. The first-order valence-electron chi connectivity index (χ1n) is 8.74. The molecule has 1 atom stereocenters. The summed E-state index contributed by atoms with van der Waals surface area (Å²) in [6.45, 7) is 4.20. The van der Waals surface area contributed by atoms with Crippen LogP contribution in [0, 0.1) is 6.92 Å². The molecule has 144 valence electrons. The molecule has 4 rings (SSSR count). The molecule has 0 bridgehead atoms.